The van der Waals surface area contributed by atoms with Crippen molar-refractivity contribution in [2.75, 3.05) is 7.11 Å². The van der Waals surface area contributed by atoms with Crippen LogP contribution in [-0.2, 0) is 0 Å². The van der Waals surface area contributed by atoms with Gasteiger partial charge in [0.25, 0.3) is 0 Å². The summed E-state index contributed by atoms with van der Waals surface area (Å²) < 4.78 is 5.08. The molecule has 0 saturated heterocycles. The highest BCUT2D eigenvalue weighted by Gasteiger charge is 2.11. The normalized spacial score (nSPS) is 12.5. The number of hydrogen-bond acceptors (Lipinski definition) is 2. The van der Waals surface area contributed by atoms with Gasteiger partial charge in [0.2, 0.25) is 0 Å². The number of aliphatic hydroxyl groups is 1. The average Bonchev–Trinajstić information content (AvgIpc) is 2.18. The molecule has 0 aromatic heterocycles. The molecule has 0 aliphatic rings. The van der Waals surface area contributed by atoms with E-state index in [0.29, 0.717) is 11.2 Å². The van der Waals surface area contributed by atoms with Gasteiger partial charge in [-0.05, 0) is 23.5 Å². The van der Waals surface area contributed by atoms with Crippen molar-refractivity contribution in [1.29, 1.82) is 0 Å². The van der Waals surface area contributed by atoms with Gasteiger partial charge in [0, 0.05) is 0 Å². The van der Waals surface area contributed by atoms with Gasteiger partial charge in [0.05, 0.1) is 13.2 Å². The maximum atomic E-state index is 9.79. The molecule has 0 aliphatic heterocycles. The van der Waals surface area contributed by atoms with E-state index in [1.807, 2.05) is 19.1 Å². The monoisotopic (exact) mass is 190 g/mol. The first kappa shape index (κ1) is 11.1. The second-order valence-electron chi connectivity index (χ2n) is 3.27. The second kappa shape index (κ2) is 5.06. The van der Waals surface area contributed by atoms with Crippen molar-refractivity contribution in [3.05, 3.63) is 23.8 Å². The molecule has 2 nitrogen and oxygen atoms in total. The van der Waals surface area contributed by atoms with E-state index in [2.05, 4.69) is 0 Å². The van der Waals surface area contributed by atoms with E-state index in [1.165, 1.54) is 0 Å². The molecule has 0 aliphatic carbocycles. The van der Waals surface area contributed by atoms with Crippen molar-refractivity contribution in [3.8, 4) is 5.75 Å². The lowest BCUT2D eigenvalue weighted by atomic mass is 9.86. The molecule has 1 aromatic rings. The highest BCUT2D eigenvalue weighted by atomic mass is 16.5. The van der Waals surface area contributed by atoms with Crippen LogP contribution >= 0.6 is 0 Å². The van der Waals surface area contributed by atoms with Gasteiger partial charge in [0.15, 0.2) is 0 Å². The van der Waals surface area contributed by atoms with Crippen LogP contribution in [-0.4, -0.2) is 20.1 Å². The Bertz CT molecular complexity index is 299. The molecule has 1 rings (SSSR count). The predicted molar refractivity (Wildman–Crippen MR) is 58.2 cm³/mol. The van der Waals surface area contributed by atoms with E-state index < -0.39 is 6.10 Å². The van der Waals surface area contributed by atoms with Crippen LogP contribution in [0.4, 0.5) is 0 Å². The predicted octanol–water partition coefficient (Wildman–Crippen LogP) is 1.32. The fourth-order valence-electron chi connectivity index (χ4n) is 1.46. The van der Waals surface area contributed by atoms with Crippen LogP contribution in [0, 0.1) is 0 Å². The molecule has 1 atom stereocenters. The summed E-state index contributed by atoms with van der Waals surface area (Å²) in [6.07, 6.45) is 1.16. The van der Waals surface area contributed by atoms with Gasteiger partial charge in [-0.2, -0.15) is 0 Å². The van der Waals surface area contributed by atoms with Gasteiger partial charge in [0.1, 0.15) is 13.6 Å². The van der Waals surface area contributed by atoms with Crippen LogP contribution in [0.1, 0.15) is 31.4 Å². The van der Waals surface area contributed by atoms with Gasteiger partial charge in [-0.1, -0.05) is 25.5 Å². The van der Waals surface area contributed by atoms with Gasteiger partial charge in [-0.25, -0.2) is 0 Å². The van der Waals surface area contributed by atoms with E-state index in [9.17, 15) is 5.11 Å². The molecule has 0 amide bonds. The standard InChI is InChI=1S/C11H15BO2/c1-3-5-9(13)8-6-4-7-10(14-2)11(8)12/h4,6-7,9,13H,3,5H2,1-2H3. The Morgan fingerprint density at radius 3 is 2.79 bits per heavy atom. The summed E-state index contributed by atoms with van der Waals surface area (Å²) in [5, 5.41) is 9.79. The van der Waals surface area contributed by atoms with E-state index in [4.69, 9.17) is 12.6 Å². The smallest absolute Gasteiger partial charge is 0.119 e. The van der Waals surface area contributed by atoms with Crippen LogP contribution in [0.2, 0.25) is 0 Å². The number of hydrogen-bond donors (Lipinski definition) is 1. The van der Waals surface area contributed by atoms with Crippen molar-refractivity contribution < 1.29 is 9.84 Å². The van der Waals surface area contributed by atoms with Crippen molar-refractivity contribution >= 4 is 13.3 Å². The molecule has 1 unspecified atom stereocenters. The lowest BCUT2D eigenvalue weighted by molar-refractivity contribution is 0.167. The summed E-state index contributed by atoms with van der Waals surface area (Å²) in [5.41, 5.74) is 1.29. The highest BCUT2D eigenvalue weighted by Crippen LogP contribution is 2.19. The van der Waals surface area contributed by atoms with E-state index in [-0.39, 0.29) is 0 Å². The number of benzene rings is 1. The molecule has 74 valence electrons. The van der Waals surface area contributed by atoms with Gasteiger partial charge < -0.3 is 9.84 Å². The Morgan fingerprint density at radius 2 is 2.21 bits per heavy atom. The topological polar surface area (TPSA) is 29.5 Å². The lowest BCUT2D eigenvalue weighted by Gasteiger charge is -2.15. The molecule has 0 spiro atoms. The van der Waals surface area contributed by atoms with Crippen molar-refractivity contribution in [1.82, 2.24) is 0 Å². The molecule has 0 saturated carbocycles. The molecular formula is C11H15BO2. The molecule has 3 heteroatoms. The lowest BCUT2D eigenvalue weighted by Crippen LogP contribution is -2.16. The van der Waals surface area contributed by atoms with E-state index in [1.54, 1.807) is 13.2 Å². The SMILES string of the molecule is [B]c1c(OC)cccc1C(O)CCC. The third-order valence-electron chi connectivity index (χ3n) is 2.24. The number of methoxy groups -OCH3 is 1. The summed E-state index contributed by atoms with van der Waals surface area (Å²) in [6.45, 7) is 2.03. The fourth-order valence-corrected chi connectivity index (χ4v) is 1.46. The molecule has 2 radical (unpaired) electrons. The Balaban J connectivity index is 2.96. The van der Waals surface area contributed by atoms with Crippen LogP contribution in [0.15, 0.2) is 18.2 Å². The first-order valence-electron chi connectivity index (χ1n) is 4.81. The summed E-state index contributed by atoms with van der Waals surface area (Å²) in [5.74, 6) is 0.623. The maximum Gasteiger partial charge on any atom is 0.119 e. The molecule has 0 bridgehead atoms. The minimum atomic E-state index is -0.491. The van der Waals surface area contributed by atoms with E-state index in [0.717, 1.165) is 18.4 Å². The minimum absolute atomic E-state index is 0.491. The first-order valence-corrected chi connectivity index (χ1v) is 4.81. The average molecular weight is 190 g/mol. The minimum Gasteiger partial charge on any atom is -0.497 e. The highest BCUT2D eigenvalue weighted by molar-refractivity contribution is 6.35. The Kier molecular flexibility index (Phi) is 4.02. The summed E-state index contributed by atoms with van der Waals surface area (Å²) in [4.78, 5) is 0. The van der Waals surface area contributed by atoms with Gasteiger partial charge in [-0.15, -0.1) is 0 Å². The van der Waals surface area contributed by atoms with Crippen molar-refractivity contribution in [3.63, 3.8) is 0 Å². The Morgan fingerprint density at radius 1 is 1.50 bits per heavy atom. The quantitative estimate of drug-likeness (QED) is 0.725. The number of rotatable bonds is 4. The van der Waals surface area contributed by atoms with Gasteiger partial charge >= 0.3 is 0 Å². The van der Waals surface area contributed by atoms with Crippen molar-refractivity contribution in [2.45, 2.75) is 25.9 Å². The third-order valence-corrected chi connectivity index (χ3v) is 2.24. The van der Waals surface area contributed by atoms with Crippen LogP contribution < -0.4 is 10.2 Å². The number of ether oxygens (including phenoxy) is 1. The molecule has 0 fully saturated rings. The maximum absolute atomic E-state index is 9.79. The van der Waals surface area contributed by atoms with Crippen molar-refractivity contribution in [2.24, 2.45) is 0 Å². The van der Waals surface area contributed by atoms with Gasteiger partial charge in [-0.3, -0.25) is 0 Å². The first-order chi connectivity index (χ1) is 6.70. The fraction of sp³-hybridized carbons (Fsp3) is 0.455. The third kappa shape index (κ3) is 2.29. The Labute approximate surface area is 86.3 Å². The number of aliphatic hydroxyl groups excluding tert-OH is 1. The molecule has 1 aromatic carbocycles. The van der Waals surface area contributed by atoms with Crippen LogP contribution in [0.3, 0.4) is 0 Å². The Hall–Kier alpha value is -0.955. The summed E-state index contributed by atoms with van der Waals surface area (Å²) >= 11 is 0. The molecule has 1 N–H and O–H groups in total. The largest absolute Gasteiger partial charge is 0.497 e. The zero-order chi connectivity index (χ0) is 10.6. The summed E-state index contributed by atoms with van der Waals surface area (Å²) in [6, 6.07) is 5.46. The zero-order valence-corrected chi connectivity index (χ0v) is 8.66. The van der Waals surface area contributed by atoms with E-state index >= 15 is 0 Å². The molecule has 0 heterocycles. The van der Waals surface area contributed by atoms with Crippen LogP contribution in [0.25, 0.3) is 0 Å². The molecular weight excluding hydrogens is 175 g/mol. The summed E-state index contributed by atoms with van der Waals surface area (Å²) in [7, 11) is 7.41. The molecule has 14 heavy (non-hydrogen) atoms. The van der Waals surface area contributed by atoms with Crippen LogP contribution in [0.5, 0.6) is 5.75 Å². The second-order valence-corrected chi connectivity index (χ2v) is 3.27. The zero-order valence-electron chi connectivity index (χ0n) is 8.66.